The highest BCUT2D eigenvalue weighted by atomic mass is 19.4. The third-order valence-electron chi connectivity index (χ3n) is 4.95. The van der Waals surface area contributed by atoms with Gasteiger partial charge in [0, 0.05) is 23.9 Å². The number of aliphatic carboxylic acids is 1. The Labute approximate surface area is 142 Å². The Hall–Kier alpha value is -2.32. The average molecular weight is 357 g/mol. The number of carboxylic acids is 1. The van der Waals surface area contributed by atoms with Gasteiger partial charge in [0.2, 0.25) is 5.91 Å². The number of rotatable bonds is 3. The molecule has 3 rings (SSSR count). The second kappa shape index (κ2) is 6.53. The topological polar surface area (TPSA) is 77.8 Å². The number of alkyl halides is 3. The highest BCUT2D eigenvalue weighted by Crippen LogP contribution is 2.35. The number of anilines is 1. The average Bonchev–Trinajstić information content (AvgIpc) is 2.52. The van der Waals surface area contributed by atoms with Crippen molar-refractivity contribution in [1.29, 1.82) is 0 Å². The molecule has 0 unspecified atom stereocenters. The zero-order chi connectivity index (χ0) is 18.2. The molecular formula is C16H18F3N3O3. The molecule has 1 amide bonds. The van der Waals surface area contributed by atoms with Crippen LogP contribution in [0.2, 0.25) is 0 Å². The van der Waals surface area contributed by atoms with E-state index in [2.05, 4.69) is 4.98 Å². The molecule has 1 aliphatic heterocycles. The maximum Gasteiger partial charge on any atom is 0.419 e. The van der Waals surface area contributed by atoms with Crippen LogP contribution in [-0.2, 0) is 15.8 Å². The number of carboxylic acid groups (broad SMARTS) is 1. The van der Waals surface area contributed by atoms with E-state index in [-0.39, 0.29) is 5.91 Å². The van der Waals surface area contributed by atoms with Gasteiger partial charge in [-0.05, 0) is 18.9 Å². The minimum Gasteiger partial charge on any atom is -0.550 e. The van der Waals surface area contributed by atoms with Crippen molar-refractivity contribution >= 4 is 17.7 Å². The molecule has 1 saturated carbocycles. The summed E-state index contributed by atoms with van der Waals surface area (Å²) in [4.78, 5) is 29.4. The van der Waals surface area contributed by atoms with Crippen molar-refractivity contribution in [2.24, 2.45) is 11.8 Å². The summed E-state index contributed by atoms with van der Waals surface area (Å²) >= 11 is 0. The lowest BCUT2D eigenvalue weighted by atomic mass is 9.73. The fourth-order valence-corrected chi connectivity index (χ4v) is 3.27. The number of hydrogen-bond acceptors (Lipinski definition) is 4. The predicted octanol–water partition coefficient (Wildman–Crippen LogP) is -0.0558. The number of carbonyl (C=O) groups is 2. The van der Waals surface area contributed by atoms with Crippen LogP contribution >= 0.6 is 0 Å². The van der Waals surface area contributed by atoms with Gasteiger partial charge in [0.15, 0.2) is 0 Å². The summed E-state index contributed by atoms with van der Waals surface area (Å²) in [5, 5.41) is 10.9. The van der Waals surface area contributed by atoms with Crippen molar-refractivity contribution in [3.05, 3.63) is 23.9 Å². The minimum absolute atomic E-state index is 0.170. The lowest BCUT2D eigenvalue weighted by molar-refractivity contribution is -0.367. The molecule has 1 aromatic rings. The van der Waals surface area contributed by atoms with Crippen molar-refractivity contribution in [3.8, 4) is 0 Å². The third kappa shape index (κ3) is 3.54. The van der Waals surface area contributed by atoms with Gasteiger partial charge in [-0.2, -0.15) is 13.2 Å². The van der Waals surface area contributed by atoms with Gasteiger partial charge in [0.05, 0.1) is 18.7 Å². The fourth-order valence-electron chi connectivity index (χ4n) is 3.27. The zero-order valence-electron chi connectivity index (χ0n) is 13.4. The molecule has 9 heteroatoms. The summed E-state index contributed by atoms with van der Waals surface area (Å²) in [6.07, 6.45) is -2.44. The molecule has 2 aliphatic rings. The Kier molecular flexibility index (Phi) is 4.57. The van der Waals surface area contributed by atoms with Crippen LogP contribution in [0.1, 0.15) is 18.4 Å². The second-order valence-electron chi connectivity index (χ2n) is 6.38. The largest absolute Gasteiger partial charge is 0.550 e. The van der Waals surface area contributed by atoms with Gasteiger partial charge < -0.3 is 14.8 Å². The van der Waals surface area contributed by atoms with Crippen LogP contribution in [0.15, 0.2) is 18.3 Å². The molecule has 0 bridgehead atoms. The van der Waals surface area contributed by atoms with Gasteiger partial charge in [-0.25, -0.2) is 4.98 Å². The molecule has 1 aliphatic carbocycles. The van der Waals surface area contributed by atoms with Crippen molar-refractivity contribution in [1.82, 2.24) is 4.90 Å². The monoisotopic (exact) mass is 357 g/mol. The standard InChI is InChI=1S/C16H18F3N3O3/c17-16(18,19)10-1-4-13(20-9-10)21-5-7-22(8-6-21)14(23)11-2-3-12(11)15(24)25/h1,4,9,11-12H,2-3,5-8H2,(H,24,25)/t11-,12+/m0/s1. The molecule has 6 nitrogen and oxygen atoms in total. The number of halogens is 3. The molecule has 25 heavy (non-hydrogen) atoms. The summed E-state index contributed by atoms with van der Waals surface area (Å²) < 4.78 is 37.7. The highest BCUT2D eigenvalue weighted by Gasteiger charge is 2.41. The molecule has 1 saturated heterocycles. The molecule has 0 radical (unpaired) electrons. The normalized spacial score (nSPS) is 24.0. The molecule has 2 heterocycles. The fraction of sp³-hybridized carbons (Fsp3) is 0.562. The van der Waals surface area contributed by atoms with E-state index < -0.39 is 29.5 Å². The Balaban J connectivity index is 1.57. The van der Waals surface area contributed by atoms with Crippen molar-refractivity contribution < 1.29 is 32.9 Å². The van der Waals surface area contributed by atoms with E-state index in [0.717, 1.165) is 12.3 Å². The van der Waals surface area contributed by atoms with Crippen LogP contribution in [0.4, 0.5) is 19.0 Å². The number of amides is 1. The molecular weight excluding hydrogens is 339 g/mol. The Morgan fingerprint density at radius 1 is 1.08 bits per heavy atom. The number of aromatic nitrogens is 1. The van der Waals surface area contributed by atoms with Gasteiger partial charge >= 0.3 is 6.18 Å². The van der Waals surface area contributed by atoms with Crippen LogP contribution in [-0.4, -0.2) is 43.0 Å². The molecule has 1 N–H and O–H groups in total. The molecule has 0 spiro atoms. The Morgan fingerprint density at radius 3 is 2.16 bits per heavy atom. The van der Waals surface area contributed by atoms with Gasteiger partial charge in [0.25, 0.3) is 5.82 Å². The summed E-state index contributed by atoms with van der Waals surface area (Å²) in [6, 6.07) is 2.39. The number of piperazine rings is 1. The van der Waals surface area contributed by atoms with Crippen LogP contribution in [0.5, 0.6) is 0 Å². The number of H-pyrrole nitrogens is 1. The smallest absolute Gasteiger partial charge is 0.419 e. The number of hydrogen-bond donors (Lipinski definition) is 0. The summed E-state index contributed by atoms with van der Waals surface area (Å²) in [7, 11) is 0. The van der Waals surface area contributed by atoms with Crippen LogP contribution < -0.4 is 15.0 Å². The van der Waals surface area contributed by atoms with Crippen molar-refractivity contribution in [3.63, 3.8) is 0 Å². The lowest BCUT2D eigenvalue weighted by Crippen LogP contribution is -2.55. The first kappa shape index (κ1) is 17.5. The minimum atomic E-state index is -4.39. The quantitative estimate of drug-likeness (QED) is 0.760. The van der Waals surface area contributed by atoms with E-state index in [1.165, 1.54) is 6.07 Å². The van der Waals surface area contributed by atoms with Gasteiger partial charge in [0.1, 0.15) is 19.3 Å². The molecule has 1 aromatic heterocycles. The van der Waals surface area contributed by atoms with Crippen LogP contribution in [0.25, 0.3) is 0 Å². The van der Waals surface area contributed by atoms with Gasteiger partial charge in [-0.15, -0.1) is 0 Å². The molecule has 2 fully saturated rings. The van der Waals surface area contributed by atoms with E-state index in [0.29, 0.717) is 44.8 Å². The molecule has 136 valence electrons. The number of nitrogens with zero attached hydrogens (tertiary/aromatic N) is 2. The summed E-state index contributed by atoms with van der Waals surface area (Å²) in [5.74, 6) is -2.00. The first-order valence-corrected chi connectivity index (χ1v) is 8.11. The summed E-state index contributed by atoms with van der Waals surface area (Å²) in [6.45, 7) is 1.75. The number of aromatic amines is 1. The third-order valence-corrected chi connectivity index (χ3v) is 4.95. The van der Waals surface area contributed by atoms with Gasteiger partial charge in [-0.3, -0.25) is 9.69 Å². The Morgan fingerprint density at radius 2 is 1.72 bits per heavy atom. The lowest BCUT2D eigenvalue weighted by Gasteiger charge is -2.40. The van der Waals surface area contributed by atoms with E-state index in [1.807, 2.05) is 4.90 Å². The van der Waals surface area contributed by atoms with Crippen LogP contribution in [0.3, 0.4) is 0 Å². The van der Waals surface area contributed by atoms with Crippen LogP contribution in [0, 0.1) is 11.8 Å². The van der Waals surface area contributed by atoms with E-state index >= 15 is 0 Å². The second-order valence-corrected chi connectivity index (χ2v) is 6.38. The first-order valence-electron chi connectivity index (χ1n) is 8.11. The maximum atomic E-state index is 12.6. The van der Waals surface area contributed by atoms with Crippen molar-refractivity contribution in [2.75, 3.05) is 31.1 Å². The number of nitrogens with one attached hydrogen (secondary N) is 1. The summed E-state index contributed by atoms with van der Waals surface area (Å²) in [5.41, 5.74) is -0.747. The number of carbonyl (C=O) groups excluding carboxylic acids is 2. The Bertz CT molecular complexity index is 655. The van der Waals surface area contributed by atoms with Crippen molar-refractivity contribution in [2.45, 2.75) is 19.0 Å². The molecule has 0 aromatic carbocycles. The maximum absolute atomic E-state index is 12.6. The van der Waals surface area contributed by atoms with Gasteiger partial charge in [-0.1, -0.05) is 0 Å². The SMILES string of the molecule is O=C([O-])[C@@H]1CC[C@@H]1C(=O)N1CCN(c2ccc(C(F)(F)F)c[nH+]2)CC1. The first-order chi connectivity index (χ1) is 11.8. The number of pyridine rings is 1. The van der Waals surface area contributed by atoms with E-state index in [9.17, 15) is 27.9 Å². The predicted molar refractivity (Wildman–Crippen MR) is 78.0 cm³/mol. The van der Waals surface area contributed by atoms with E-state index in [4.69, 9.17) is 0 Å². The highest BCUT2D eigenvalue weighted by molar-refractivity contribution is 5.86. The zero-order valence-corrected chi connectivity index (χ0v) is 13.4. The van der Waals surface area contributed by atoms with E-state index in [1.54, 1.807) is 4.90 Å². The molecule has 2 atom stereocenters.